The van der Waals surface area contributed by atoms with E-state index in [2.05, 4.69) is 15.9 Å². The minimum Gasteiger partial charge on any atom is -0.207 e. The van der Waals surface area contributed by atoms with Crippen molar-refractivity contribution in [2.75, 3.05) is 0 Å². The summed E-state index contributed by atoms with van der Waals surface area (Å²) in [5.41, 5.74) is 1.42. The number of rotatable bonds is 2. The van der Waals surface area contributed by atoms with Crippen LogP contribution < -0.4 is 0 Å². The molecule has 1 atom stereocenters. The van der Waals surface area contributed by atoms with Crippen molar-refractivity contribution in [1.29, 1.82) is 0 Å². The van der Waals surface area contributed by atoms with Crippen molar-refractivity contribution < 1.29 is 4.39 Å². The van der Waals surface area contributed by atoms with Gasteiger partial charge >= 0.3 is 0 Å². The lowest BCUT2D eigenvalue weighted by atomic mass is 10.1. The molecule has 4 heteroatoms. The van der Waals surface area contributed by atoms with Crippen molar-refractivity contribution in [3.63, 3.8) is 0 Å². The first-order valence-electron chi connectivity index (χ1n) is 4.72. The van der Waals surface area contributed by atoms with Crippen LogP contribution in [-0.2, 0) is 0 Å². The fourth-order valence-corrected chi connectivity index (χ4v) is 3.55. The Labute approximate surface area is 111 Å². The van der Waals surface area contributed by atoms with Crippen LogP contribution in [0.25, 0.3) is 0 Å². The van der Waals surface area contributed by atoms with Gasteiger partial charge in [0.2, 0.25) is 0 Å². The molecular formula is C12H9BrClFS. The maximum atomic E-state index is 13.4. The first-order chi connectivity index (χ1) is 7.59. The second kappa shape index (κ2) is 4.86. The van der Waals surface area contributed by atoms with Crippen LogP contribution in [0.1, 0.15) is 21.4 Å². The van der Waals surface area contributed by atoms with Crippen molar-refractivity contribution >= 4 is 38.9 Å². The van der Waals surface area contributed by atoms with Gasteiger partial charge in [-0.3, -0.25) is 0 Å². The van der Waals surface area contributed by atoms with Gasteiger partial charge in [-0.05, 0) is 51.5 Å². The molecular weight excluding hydrogens is 311 g/mol. The van der Waals surface area contributed by atoms with E-state index in [-0.39, 0.29) is 11.2 Å². The summed E-state index contributed by atoms with van der Waals surface area (Å²) in [7, 11) is 0. The monoisotopic (exact) mass is 318 g/mol. The zero-order valence-electron chi connectivity index (χ0n) is 8.51. The second-order valence-electron chi connectivity index (χ2n) is 3.50. The molecule has 0 N–H and O–H groups in total. The van der Waals surface area contributed by atoms with E-state index in [1.807, 2.05) is 17.5 Å². The predicted molar refractivity (Wildman–Crippen MR) is 70.9 cm³/mol. The summed E-state index contributed by atoms with van der Waals surface area (Å²) < 4.78 is 14.4. The summed E-state index contributed by atoms with van der Waals surface area (Å²) in [6.07, 6.45) is 0. The number of halogens is 3. The summed E-state index contributed by atoms with van der Waals surface area (Å²) in [6.45, 7) is 1.74. The maximum absolute atomic E-state index is 13.4. The van der Waals surface area contributed by atoms with E-state index in [1.54, 1.807) is 24.3 Å². The zero-order valence-corrected chi connectivity index (χ0v) is 11.7. The van der Waals surface area contributed by atoms with Gasteiger partial charge in [-0.1, -0.05) is 12.1 Å². The molecule has 0 saturated heterocycles. The van der Waals surface area contributed by atoms with Crippen molar-refractivity contribution in [1.82, 2.24) is 0 Å². The lowest BCUT2D eigenvalue weighted by Gasteiger charge is -2.09. The summed E-state index contributed by atoms with van der Waals surface area (Å²) in [5, 5.41) is 1.66. The highest BCUT2D eigenvalue weighted by Gasteiger charge is 2.16. The normalized spacial score (nSPS) is 12.8. The molecule has 1 heterocycles. The van der Waals surface area contributed by atoms with E-state index in [1.165, 1.54) is 6.07 Å². The van der Waals surface area contributed by atoms with Crippen molar-refractivity contribution in [3.8, 4) is 0 Å². The van der Waals surface area contributed by atoms with Gasteiger partial charge < -0.3 is 0 Å². The van der Waals surface area contributed by atoms with Gasteiger partial charge in [0, 0.05) is 9.35 Å². The Bertz CT molecular complexity index is 509. The first-order valence-corrected chi connectivity index (χ1v) is 6.83. The third kappa shape index (κ3) is 2.31. The third-order valence-corrected chi connectivity index (χ3v) is 4.90. The highest BCUT2D eigenvalue weighted by atomic mass is 79.9. The van der Waals surface area contributed by atoms with Crippen LogP contribution in [0, 0.1) is 12.7 Å². The van der Waals surface area contributed by atoms with E-state index in [0.717, 1.165) is 14.9 Å². The quantitative estimate of drug-likeness (QED) is 0.660. The van der Waals surface area contributed by atoms with Crippen LogP contribution in [0.15, 0.2) is 34.1 Å². The highest BCUT2D eigenvalue weighted by molar-refractivity contribution is 9.10. The van der Waals surface area contributed by atoms with Crippen LogP contribution in [0.5, 0.6) is 0 Å². The minimum absolute atomic E-state index is 0.212. The average Bonchev–Trinajstić information content (AvgIpc) is 2.67. The lowest BCUT2D eigenvalue weighted by Crippen LogP contribution is -1.93. The molecule has 0 fully saturated rings. The average molecular weight is 320 g/mol. The highest BCUT2D eigenvalue weighted by Crippen LogP contribution is 2.37. The number of hydrogen-bond acceptors (Lipinski definition) is 1. The third-order valence-electron chi connectivity index (χ3n) is 2.36. The maximum Gasteiger partial charge on any atom is 0.126 e. The topological polar surface area (TPSA) is 0 Å². The van der Waals surface area contributed by atoms with Gasteiger partial charge in [-0.25, -0.2) is 4.39 Å². The smallest absolute Gasteiger partial charge is 0.126 e. The lowest BCUT2D eigenvalue weighted by molar-refractivity contribution is 0.616. The Kier molecular flexibility index (Phi) is 3.67. The van der Waals surface area contributed by atoms with E-state index in [9.17, 15) is 4.39 Å². The van der Waals surface area contributed by atoms with Crippen LogP contribution in [0.3, 0.4) is 0 Å². The van der Waals surface area contributed by atoms with E-state index < -0.39 is 0 Å². The Morgan fingerprint density at radius 1 is 1.38 bits per heavy atom. The molecule has 0 spiro atoms. The molecule has 2 rings (SSSR count). The fraction of sp³-hybridized carbons (Fsp3) is 0.167. The Morgan fingerprint density at radius 3 is 2.69 bits per heavy atom. The molecule has 0 nitrogen and oxygen atoms in total. The van der Waals surface area contributed by atoms with E-state index in [4.69, 9.17) is 11.6 Å². The van der Waals surface area contributed by atoms with Crippen molar-refractivity contribution in [2.45, 2.75) is 12.3 Å². The van der Waals surface area contributed by atoms with Crippen LogP contribution >= 0.6 is 38.9 Å². The Hall–Kier alpha value is -0.380. The van der Waals surface area contributed by atoms with Gasteiger partial charge in [0.1, 0.15) is 5.82 Å². The standard InChI is InChI=1S/C12H9BrClFS/c1-7-2-3-8(6-10(7)15)11(14)12-9(13)4-5-16-12/h2-6,11H,1H3. The molecule has 1 aromatic heterocycles. The largest absolute Gasteiger partial charge is 0.207 e. The number of hydrogen-bond donors (Lipinski definition) is 0. The number of aryl methyl sites for hydroxylation is 1. The molecule has 84 valence electrons. The van der Waals surface area contributed by atoms with Crippen LogP contribution in [0.2, 0.25) is 0 Å². The summed E-state index contributed by atoms with van der Waals surface area (Å²) >= 11 is 11.3. The fourth-order valence-electron chi connectivity index (χ4n) is 1.40. The minimum atomic E-state index is -0.301. The van der Waals surface area contributed by atoms with Gasteiger partial charge in [0.25, 0.3) is 0 Å². The number of benzene rings is 1. The van der Waals surface area contributed by atoms with Crippen molar-refractivity contribution in [2.24, 2.45) is 0 Å². The molecule has 2 aromatic rings. The van der Waals surface area contributed by atoms with E-state index >= 15 is 0 Å². The first kappa shape index (κ1) is 12.1. The van der Waals surface area contributed by atoms with Gasteiger partial charge in [0.15, 0.2) is 0 Å². The molecule has 0 bridgehead atoms. The SMILES string of the molecule is Cc1ccc(C(Cl)c2sccc2Br)cc1F. The molecule has 0 saturated carbocycles. The summed E-state index contributed by atoms with van der Waals surface area (Å²) in [6, 6.07) is 7.06. The molecule has 0 aliphatic heterocycles. The number of alkyl halides is 1. The van der Waals surface area contributed by atoms with Gasteiger partial charge in [0.05, 0.1) is 5.38 Å². The molecule has 1 aromatic carbocycles. The van der Waals surface area contributed by atoms with Gasteiger partial charge in [-0.2, -0.15) is 0 Å². The zero-order chi connectivity index (χ0) is 11.7. The molecule has 16 heavy (non-hydrogen) atoms. The Morgan fingerprint density at radius 2 is 2.12 bits per heavy atom. The van der Waals surface area contributed by atoms with Crippen LogP contribution in [-0.4, -0.2) is 0 Å². The molecule has 0 radical (unpaired) electrons. The predicted octanol–water partition coefficient (Wildman–Crippen LogP) is 5.29. The van der Waals surface area contributed by atoms with Crippen LogP contribution in [0.4, 0.5) is 4.39 Å². The van der Waals surface area contributed by atoms with Crippen molar-refractivity contribution in [3.05, 3.63) is 55.9 Å². The van der Waals surface area contributed by atoms with Gasteiger partial charge in [-0.15, -0.1) is 22.9 Å². The second-order valence-corrected chi connectivity index (χ2v) is 5.74. The summed E-state index contributed by atoms with van der Waals surface area (Å²) in [5.74, 6) is -0.212. The molecule has 0 aliphatic carbocycles. The molecule has 0 aliphatic rings. The molecule has 0 amide bonds. The van der Waals surface area contributed by atoms with E-state index in [0.29, 0.717) is 5.56 Å². The number of thiophene rings is 1. The molecule has 1 unspecified atom stereocenters. The summed E-state index contributed by atoms with van der Waals surface area (Å²) in [4.78, 5) is 1.00. The Balaban J connectivity index is 2.38.